The third kappa shape index (κ3) is 4.30. The maximum Gasteiger partial charge on any atom is 0.273 e. The number of likely N-dealkylation sites (tertiary alicyclic amines) is 1. The fourth-order valence-electron chi connectivity index (χ4n) is 4.16. The molecule has 0 spiro atoms. The van der Waals surface area contributed by atoms with E-state index in [0.717, 1.165) is 36.1 Å². The van der Waals surface area contributed by atoms with Gasteiger partial charge in [0, 0.05) is 17.6 Å². The molecule has 3 aromatic rings. The average Bonchev–Trinajstić information content (AvgIpc) is 3.30. The van der Waals surface area contributed by atoms with Crippen LogP contribution in [-0.2, 0) is 0 Å². The summed E-state index contributed by atoms with van der Waals surface area (Å²) in [6.07, 6.45) is 3.65. The van der Waals surface area contributed by atoms with Gasteiger partial charge >= 0.3 is 0 Å². The molecule has 1 aromatic heterocycles. The minimum Gasteiger partial charge on any atom is -0.385 e. The van der Waals surface area contributed by atoms with Gasteiger partial charge in [0.25, 0.3) is 5.56 Å². The van der Waals surface area contributed by atoms with Gasteiger partial charge in [0.1, 0.15) is 11.6 Å². The number of pyridine rings is 1. The number of nitrogens with one attached hydrogen (secondary N) is 1. The molecule has 2 heterocycles. The Morgan fingerprint density at radius 1 is 1.00 bits per heavy atom. The fourth-order valence-corrected chi connectivity index (χ4v) is 4.16. The van der Waals surface area contributed by atoms with E-state index < -0.39 is 0 Å². The smallest absolute Gasteiger partial charge is 0.273 e. The summed E-state index contributed by atoms with van der Waals surface area (Å²) < 4.78 is 1.53. The van der Waals surface area contributed by atoms with Crippen LogP contribution in [-0.4, -0.2) is 35.6 Å². The van der Waals surface area contributed by atoms with E-state index in [4.69, 9.17) is 0 Å². The Kier molecular flexibility index (Phi) is 6.02. The van der Waals surface area contributed by atoms with Crippen molar-refractivity contribution >= 4 is 16.6 Å². The number of aromatic nitrogens is 1. The van der Waals surface area contributed by atoms with Crippen LogP contribution in [0, 0.1) is 29.6 Å². The standard InChI is InChI=1S/C25H25N5O/c1-18-5-8-23(14-20(18)16-26)30-24-15-22(28-9-4-12-29-10-2-3-11-29)7-6-19(24)13-21(17-27)25(30)31/h5-8,13-15,28H,2-4,9-12H2,1H3. The van der Waals surface area contributed by atoms with E-state index in [1.165, 1.54) is 30.5 Å². The predicted octanol–water partition coefficient (Wildman–Crippen LogP) is 3.94. The van der Waals surface area contributed by atoms with Gasteiger partial charge in [0.15, 0.2) is 0 Å². The number of aryl methyl sites for hydroxylation is 1. The predicted molar refractivity (Wildman–Crippen MR) is 122 cm³/mol. The van der Waals surface area contributed by atoms with Crippen LogP contribution >= 0.6 is 0 Å². The van der Waals surface area contributed by atoms with E-state index in [9.17, 15) is 15.3 Å². The minimum atomic E-state index is -0.381. The Balaban J connectivity index is 1.69. The van der Waals surface area contributed by atoms with E-state index >= 15 is 0 Å². The quantitative estimate of drug-likeness (QED) is 0.621. The van der Waals surface area contributed by atoms with Gasteiger partial charge in [-0.1, -0.05) is 12.1 Å². The molecular formula is C25H25N5O. The summed E-state index contributed by atoms with van der Waals surface area (Å²) in [6.45, 7) is 6.21. The largest absolute Gasteiger partial charge is 0.385 e. The maximum absolute atomic E-state index is 13.0. The van der Waals surface area contributed by atoms with Gasteiger partial charge < -0.3 is 10.2 Å². The molecule has 0 atom stereocenters. The molecule has 31 heavy (non-hydrogen) atoms. The van der Waals surface area contributed by atoms with Crippen LogP contribution < -0.4 is 10.9 Å². The molecule has 4 rings (SSSR count). The summed E-state index contributed by atoms with van der Waals surface area (Å²) >= 11 is 0. The van der Waals surface area contributed by atoms with E-state index in [0.29, 0.717) is 16.8 Å². The van der Waals surface area contributed by atoms with Crippen molar-refractivity contribution in [2.45, 2.75) is 26.2 Å². The molecule has 0 unspecified atom stereocenters. The van der Waals surface area contributed by atoms with Crippen molar-refractivity contribution < 1.29 is 0 Å². The average molecular weight is 412 g/mol. The van der Waals surface area contributed by atoms with Gasteiger partial charge in [-0.15, -0.1) is 0 Å². The van der Waals surface area contributed by atoms with Crippen LogP contribution in [0.1, 0.15) is 36.0 Å². The van der Waals surface area contributed by atoms with E-state index in [-0.39, 0.29) is 11.1 Å². The van der Waals surface area contributed by atoms with Gasteiger partial charge in [-0.3, -0.25) is 9.36 Å². The Labute approximate surface area is 181 Å². The fraction of sp³-hybridized carbons (Fsp3) is 0.320. The molecule has 0 saturated carbocycles. The Hall–Kier alpha value is -3.61. The van der Waals surface area contributed by atoms with Crippen LogP contribution in [0.5, 0.6) is 0 Å². The molecular weight excluding hydrogens is 386 g/mol. The van der Waals surface area contributed by atoms with Crippen LogP contribution in [0.25, 0.3) is 16.6 Å². The number of rotatable bonds is 6. The Morgan fingerprint density at radius 3 is 2.52 bits per heavy atom. The zero-order valence-corrected chi connectivity index (χ0v) is 17.7. The number of nitrogens with zero attached hydrogens (tertiary/aromatic N) is 4. The zero-order valence-electron chi connectivity index (χ0n) is 17.7. The molecule has 1 fully saturated rings. The number of nitriles is 2. The lowest BCUT2D eigenvalue weighted by Gasteiger charge is -2.16. The van der Waals surface area contributed by atoms with E-state index in [1.54, 1.807) is 12.1 Å². The van der Waals surface area contributed by atoms with Crippen molar-refractivity contribution in [1.82, 2.24) is 9.47 Å². The third-order valence-electron chi connectivity index (χ3n) is 5.90. The number of hydrogen-bond donors (Lipinski definition) is 1. The first kappa shape index (κ1) is 20.7. The second kappa shape index (κ2) is 9.04. The van der Waals surface area contributed by atoms with E-state index in [1.807, 2.05) is 43.3 Å². The minimum absolute atomic E-state index is 0.0814. The SMILES string of the molecule is Cc1ccc(-n2c(=O)c(C#N)cc3ccc(NCCCN4CCCC4)cc32)cc1C#N. The lowest BCUT2D eigenvalue weighted by atomic mass is 10.1. The number of fused-ring (bicyclic) bond motifs is 1. The zero-order chi connectivity index (χ0) is 21.8. The summed E-state index contributed by atoms with van der Waals surface area (Å²) in [7, 11) is 0. The lowest BCUT2D eigenvalue weighted by molar-refractivity contribution is 0.337. The maximum atomic E-state index is 13.0. The molecule has 1 aliphatic heterocycles. The van der Waals surface area contributed by atoms with Crippen molar-refractivity contribution in [2.24, 2.45) is 0 Å². The molecule has 1 N–H and O–H groups in total. The molecule has 6 heteroatoms. The molecule has 0 aliphatic carbocycles. The second-order valence-corrected chi connectivity index (χ2v) is 8.02. The van der Waals surface area contributed by atoms with Crippen molar-refractivity contribution in [2.75, 3.05) is 31.5 Å². The monoisotopic (exact) mass is 411 g/mol. The van der Waals surface area contributed by atoms with Crippen LogP contribution in [0.15, 0.2) is 47.3 Å². The van der Waals surface area contributed by atoms with Crippen molar-refractivity contribution in [3.63, 3.8) is 0 Å². The molecule has 0 amide bonds. The normalized spacial score (nSPS) is 13.8. The highest BCUT2D eigenvalue weighted by Crippen LogP contribution is 2.23. The van der Waals surface area contributed by atoms with Gasteiger partial charge in [0.2, 0.25) is 0 Å². The molecule has 2 aromatic carbocycles. The molecule has 6 nitrogen and oxygen atoms in total. The summed E-state index contributed by atoms with van der Waals surface area (Å²) in [5.41, 5.74) is 3.28. The summed E-state index contributed by atoms with van der Waals surface area (Å²) in [6, 6.07) is 17.0. The number of benzene rings is 2. The first-order valence-corrected chi connectivity index (χ1v) is 10.7. The molecule has 1 aliphatic rings. The Bertz CT molecular complexity index is 1260. The highest BCUT2D eigenvalue weighted by Gasteiger charge is 2.13. The van der Waals surface area contributed by atoms with Crippen molar-refractivity contribution in [1.29, 1.82) is 10.5 Å². The highest BCUT2D eigenvalue weighted by atomic mass is 16.1. The number of hydrogen-bond acceptors (Lipinski definition) is 5. The van der Waals surface area contributed by atoms with Crippen LogP contribution in [0.3, 0.4) is 0 Å². The summed E-state index contributed by atoms with van der Waals surface area (Å²) in [5.74, 6) is 0. The van der Waals surface area contributed by atoms with Gasteiger partial charge in [-0.25, -0.2) is 0 Å². The van der Waals surface area contributed by atoms with Crippen LogP contribution in [0.4, 0.5) is 5.69 Å². The molecule has 0 bridgehead atoms. The lowest BCUT2D eigenvalue weighted by Crippen LogP contribution is -2.22. The first-order valence-electron chi connectivity index (χ1n) is 10.7. The number of anilines is 1. The van der Waals surface area contributed by atoms with Gasteiger partial charge in [-0.2, -0.15) is 10.5 Å². The summed E-state index contributed by atoms with van der Waals surface area (Å²) in [4.78, 5) is 15.5. The molecule has 156 valence electrons. The van der Waals surface area contributed by atoms with Crippen molar-refractivity contribution in [3.8, 4) is 17.8 Å². The Morgan fingerprint density at radius 2 is 1.77 bits per heavy atom. The molecule has 0 radical (unpaired) electrons. The summed E-state index contributed by atoms with van der Waals surface area (Å²) in [5, 5.41) is 23.1. The van der Waals surface area contributed by atoms with Crippen molar-refractivity contribution in [3.05, 3.63) is 69.5 Å². The van der Waals surface area contributed by atoms with E-state index in [2.05, 4.69) is 16.3 Å². The second-order valence-electron chi connectivity index (χ2n) is 8.02. The van der Waals surface area contributed by atoms with Gasteiger partial charge in [-0.05, 0) is 81.7 Å². The van der Waals surface area contributed by atoms with Gasteiger partial charge in [0.05, 0.1) is 22.8 Å². The third-order valence-corrected chi connectivity index (χ3v) is 5.90. The highest BCUT2D eigenvalue weighted by molar-refractivity contribution is 5.85. The van der Waals surface area contributed by atoms with Crippen LogP contribution in [0.2, 0.25) is 0 Å². The molecule has 1 saturated heterocycles. The first-order chi connectivity index (χ1) is 15.1. The topological polar surface area (TPSA) is 84.8 Å².